The molecule has 3 rings (SSSR count). The Labute approximate surface area is 183 Å². The molecule has 0 atom stereocenters. The molecule has 10 heteroatoms. The van der Waals surface area contributed by atoms with Gasteiger partial charge in [-0.1, -0.05) is 29.8 Å². The lowest BCUT2D eigenvalue weighted by molar-refractivity contribution is 0.0981. The minimum Gasteiger partial charge on any atom is -0.507 e. The molecule has 0 saturated carbocycles. The van der Waals surface area contributed by atoms with E-state index in [1.54, 1.807) is 0 Å². The molecule has 0 spiro atoms. The molecule has 0 aliphatic carbocycles. The van der Waals surface area contributed by atoms with Gasteiger partial charge >= 0.3 is 6.03 Å². The summed E-state index contributed by atoms with van der Waals surface area (Å²) >= 11 is 1.16. The third kappa shape index (κ3) is 6.00. The Kier molecular flexibility index (Phi) is 6.83. The number of hydrogen-bond donors (Lipinski definition) is 4. The lowest BCUT2D eigenvalue weighted by atomic mass is 10.2. The number of benzene rings is 3. The molecule has 0 unspecified atom stereocenters. The van der Waals surface area contributed by atoms with Crippen molar-refractivity contribution in [1.29, 1.82) is 0 Å². The average Bonchev–Trinajstić information content (AvgIpc) is 2.73. The number of sulfonamides is 1. The first kappa shape index (κ1) is 22.2. The number of phenolic OH excluding ortho intramolecular Hbond substituents is 1. The minimum atomic E-state index is -4.24. The molecule has 31 heavy (non-hydrogen) atoms. The molecule has 0 heterocycles. The number of carbonyl (C=O) groups excluding carboxylic acids is 2. The number of phenols is 1. The summed E-state index contributed by atoms with van der Waals surface area (Å²) in [7, 11) is -4.24. The fourth-order valence-electron chi connectivity index (χ4n) is 2.49. The maximum absolute atomic E-state index is 12.3. The topological polar surface area (TPSA) is 125 Å². The third-order valence-electron chi connectivity index (χ3n) is 4.07. The molecule has 4 N–H and O–H groups in total. The van der Waals surface area contributed by atoms with Crippen LogP contribution in [-0.2, 0) is 10.0 Å². The van der Waals surface area contributed by atoms with Crippen molar-refractivity contribution in [3.63, 3.8) is 0 Å². The van der Waals surface area contributed by atoms with E-state index in [4.69, 9.17) is 0 Å². The fraction of sp³-hybridized carbons (Fsp3) is 0.0476. The summed E-state index contributed by atoms with van der Waals surface area (Å²) in [6.45, 7) is 1.97. The van der Waals surface area contributed by atoms with Crippen LogP contribution in [0.2, 0.25) is 0 Å². The van der Waals surface area contributed by atoms with Gasteiger partial charge in [-0.2, -0.15) is 0 Å². The predicted octanol–water partition coefficient (Wildman–Crippen LogP) is 3.65. The van der Waals surface area contributed by atoms with Crippen molar-refractivity contribution in [2.45, 2.75) is 16.7 Å². The zero-order valence-electron chi connectivity index (χ0n) is 16.3. The smallest absolute Gasteiger partial charge is 0.329 e. The van der Waals surface area contributed by atoms with Gasteiger partial charge in [-0.05, 0) is 67.4 Å². The highest BCUT2D eigenvalue weighted by molar-refractivity contribution is 7.98. The number of urea groups is 1. The number of carbonyl (C=O) groups is 2. The van der Waals surface area contributed by atoms with E-state index in [2.05, 4.69) is 10.0 Å². The van der Waals surface area contributed by atoms with E-state index >= 15 is 0 Å². The predicted molar refractivity (Wildman–Crippen MR) is 118 cm³/mol. The van der Waals surface area contributed by atoms with Crippen LogP contribution in [0.5, 0.6) is 5.75 Å². The van der Waals surface area contributed by atoms with Crippen LogP contribution in [-0.4, -0.2) is 25.5 Å². The molecule has 0 saturated heterocycles. The molecular weight excluding hydrogens is 438 g/mol. The summed E-state index contributed by atoms with van der Waals surface area (Å²) in [5, 5.41) is 12.3. The first-order chi connectivity index (χ1) is 14.7. The summed E-state index contributed by atoms with van der Waals surface area (Å²) in [5.41, 5.74) is 1.60. The highest BCUT2D eigenvalue weighted by Crippen LogP contribution is 2.21. The number of aryl methyl sites for hydroxylation is 1. The molecule has 3 amide bonds. The van der Waals surface area contributed by atoms with Gasteiger partial charge < -0.3 is 10.4 Å². The Morgan fingerprint density at radius 2 is 1.55 bits per heavy atom. The van der Waals surface area contributed by atoms with Gasteiger partial charge in [0.15, 0.2) is 0 Å². The second-order valence-electron chi connectivity index (χ2n) is 6.45. The maximum Gasteiger partial charge on any atom is 0.329 e. The molecule has 0 radical (unpaired) electrons. The number of anilines is 1. The number of rotatable bonds is 6. The van der Waals surface area contributed by atoms with Gasteiger partial charge in [0.25, 0.3) is 15.9 Å². The van der Waals surface area contributed by atoms with Crippen molar-refractivity contribution in [1.82, 2.24) is 9.44 Å². The van der Waals surface area contributed by atoms with Crippen molar-refractivity contribution in [2.75, 3.05) is 5.32 Å². The van der Waals surface area contributed by atoms with Crippen LogP contribution in [0.25, 0.3) is 0 Å². The Morgan fingerprint density at radius 3 is 2.19 bits per heavy atom. The zero-order chi connectivity index (χ0) is 22.4. The molecule has 0 aliphatic heterocycles. The van der Waals surface area contributed by atoms with Gasteiger partial charge in [-0.15, -0.1) is 0 Å². The number of para-hydroxylation sites is 1. The van der Waals surface area contributed by atoms with Crippen LogP contribution in [0.3, 0.4) is 0 Å². The highest BCUT2D eigenvalue weighted by atomic mass is 32.2. The van der Waals surface area contributed by atoms with Gasteiger partial charge in [0.2, 0.25) is 0 Å². The molecular formula is C21H19N3O5S2. The fourth-order valence-corrected chi connectivity index (χ4v) is 4.10. The molecule has 3 aromatic rings. The van der Waals surface area contributed by atoms with Crippen LogP contribution >= 0.6 is 11.9 Å². The standard InChI is InChI=1S/C21H19N3O5S2/c1-14-6-12-17(13-7-14)30-23-21(27)22-16-10-8-15(9-11-16)20(26)24-31(28,29)19-5-3-2-4-18(19)25/h2-13,25H,1H3,(H,24,26)(H2,22,23,27). The molecule has 0 bridgehead atoms. The van der Waals surface area contributed by atoms with E-state index in [0.29, 0.717) is 5.69 Å². The van der Waals surface area contributed by atoms with Crippen molar-refractivity contribution in [3.05, 3.63) is 83.9 Å². The molecule has 8 nitrogen and oxygen atoms in total. The number of nitrogens with one attached hydrogen (secondary N) is 3. The summed E-state index contributed by atoms with van der Waals surface area (Å²) < 4.78 is 29.1. The Bertz CT molecular complexity index is 1190. The Balaban J connectivity index is 1.58. The second-order valence-corrected chi connectivity index (χ2v) is 8.98. The number of hydrogen-bond acceptors (Lipinski definition) is 6. The van der Waals surface area contributed by atoms with Crippen LogP contribution in [0.4, 0.5) is 10.5 Å². The van der Waals surface area contributed by atoms with E-state index in [1.807, 2.05) is 35.9 Å². The van der Waals surface area contributed by atoms with Crippen LogP contribution in [0.1, 0.15) is 15.9 Å². The van der Waals surface area contributed by atoms with Crippen LogP contribution in [0.15, 0.2) is 82.6 Å². The lowest BCUT2D eigenvalue weighted by Gasteiger charge is -2.10. The van der Waals surface area contributed by atoms with Gasteiger partial charge in [0.05, 0.1) is 0 Å². The summed E-state index contributed by atoms with van der Waals surface area (Å²) in [5.74, 6) is -1.33. The first-order valence-corrected chi connectivity index (χ1v) is 11.3. The molecule has 0 fully saturated rings. The SMILES string of the molecule is Cc1ccc(SNC(=O)Nc2ccc(C(=O)NS(=O)(=O)c3ccccc3O)cc2)cc1. The van der Waals surface area contributed by atoms with Crippen molar-refractivity contribution < 1.29 is 23.1 Å². The number of aromatic hydroxyl groups is 1. The van der Waals surface area contributed by atoms with E-state index < -0.39 is 32.6 Å². The summed E-state index contributed by atoms with van der Waals surface area (Å²) in [6, 6.07) is 18.2. The quantitative estimate of drug-likeness (QED) is 0.419. The van der Waals surface area contributed by atoms with E-state index in [0.717, 1.165) is 22.4 Å². The Hall–Kier alpha value is -3.50. The van der Waals surface area contributed by atoms with Crippen molar-refractivity contribution >= 4 is 39.6 Å². The van der Waals surface area contributed by atoms with Gasteiger partial charge in [0.1, 0.15) is 10.6 Å². The largest absolute Gasteiger partial charge is 0.507 e. The minimum absolute atomic E-state index is 0.0685. The van der Waals surface area contributed by atoms with E-state index in [-0.39, 0.29) is 5.56 Å². The molecule has 0 aromatic heterocycles. The summed E-state index contributed by atoms with van der Waals surface area (Å²) in [6.07, 6.45) is 0. The monoisotopic (exact) mass is 457 g/mol. The van der Waals surface area contributed by atoms with Gasteiger partial charge in [-0.25, -0.2) is 17.9 Å². The second kappa shape index (κ2) is 9.54. The summed E-state index contributed by atoms with van der Waals surface area (Å²) in [4.78, 5) is 24.8. The molecule has 0 aliphatic rings. The number of amides is 3. The Morgan fingerprint density at radius 1 is 0.903 bits per heavy atom. The van der Waals surface area contributed by atoms with Crippen LogP contribution < -0.4 is 14.8 Å². The van der Waals surface area contributed by atoms with Crippen molar-refractivity contribution in [2.24, 2.45) is 0 Å². The van der Waals surface area contributed by atoms with Gasteiger partial charge in [-0.3, -0.25) is 9.52 Å². The maximum atomic E-state index is 12.3. The van der Waals surface area contributed by atoms with Gasteiger partial charge in [0, 0.05) is 16.1 Å². The molecule has 160 valence electrons. The van der Waals surface area contributed by atoms with E-state index in [1.165, 1.54) is 48.5 Å². The van der Waals surface area contributed by atoms with Crippen molar-refractivity contribution in [3.8, 4) is 5.75 Å². The normalized spacial score (nSPS) is 10.9. The van der Waals surface area contributed by atoms with Crippen LogP contribution in [0, 0.1) is 6.92 Å². The highest BCUT2D eigenvalue weighted by Gasteiger charge is 2.21. The molecule has 3 aromatic carbocycles. The first-order valence-electron chi connectivity index (χ1n) is 9.00. The average molecular weight is 458 g/mol. The lowest BCUT2D eigenvalue weighted by Crippen LogP contribution is -2.30. The zero-order valence-corrected chi connectivity index (χ0v) is 18.0. The third-order valence-corrected chi connectivity index (χ3v) is 6.24. The van der Waals surface area contributed by atoms with E-state index in [9.17, 15) is 23.1 Å².